The van der Waals surface area contributed by atoms with Crippen molar-refractivity contribution >= 4 is 11.8 Å². The molecule has 0 radical (unpaired) electrons. The van der Waals surface area contributed by atoms with Gasteiger partial charge in [-0.1, -0.05) is 11.8 Å². The number of rotatable bonds is 3. The van der Waals surface area contributed by atoms with Gasteiger partial charge in [-0.3, -0.25) is 4.79 Å². The molecule has 5 nitrogen and oxygen atoms in total. The van der Waals surface area contributed by atoms with Crippen molar-refractivity contribution in [1.82, 2.24) is 9.97 Å². The van der Waals surface area contributed by atoms with Gasteiger partial charge in [-0.2, -0.15) is 0 Å². The molecule has 2 heterocycles. The third kappa shape index (κ3) is 2.85. The Bertz CT molecular complexity index is 566. The molecule has 2 rings (SSSR count). The van der Waals surface area contributed by atoms with Crippen LogP contribution in [-0.2, 0) is 6.54 Å². The SMILES string of the molecule is CSc1cc[n+](Cc2cc(=O)c(O)c[nH]2)cn1. The summed E-state index contributed by atoms with van der Waals surface area (Å²) in [7, 11) is 0. The summed E-state index contributed by atoms with van der Waals surface area (Å²) < 4.78 is 1.85. The van der Waals surface area contributed by atoms with Crippen LogP contribution < -0.4 is 10.00 Å². The second kappa shape index (κ2) is 5.01. The highest BCUT2D eigenvalue weighted by Gasteiger charge is 2.05. The third-order valence-corrected chi connectivity index (χ3v) is 2.92. The number of aromatic amines is 1. The van der Waals surface area contributed by atoms with Gasteiger partial charge in [0.2, 0.25) is 10.5 Å². The second-order valence-electron chi connectivity index (χ2n) is 3.48. The Kier molecular flexibility index (Phi) is 3.43. The van der Waals surface area contributed by atoms with E-state index in [1.807, 2.05) is 23.1 Å². The van der Waals surface area contributed by atoms with Crippen molar-refractivity contribution in [3.63, 3.8) is 0 Å². The van der Waals surface area contributed by atoms with Crippen molar-refractivity contribution in [1.29, 1.82) is 0 Å². The number of pyridine rings is 1. The fraction of sp³-hybridized carbons (Fsp3) is 0.182. The van der Waals surface area contributed by atoms with Gasteiger partial charge < -0.3 is 10.1 Å². The third-order valence-electron chi connectivity index (χ3n) is 2.26. The Morgan fingerprint density at radius 1 is 1.59 bits per heavy atom. The van der Waals surface area contributed by atoms with Crippen LogP contribution in [0.25, 0.3) is 0 Å². The Morgan fingerprint density at radius 3 is 3.00 bits per heavy atom. The van der Waals surface area contributed by atoms with E-state index in [1.165, 1.54) is 12.3 Å². The lowest BCUT2D eigenvalue weighted by molar-refractivity contribution is -0.692. The molecule has 0 aliphatic heterocycles. The highest BCUT2D eigenvalue weighted by Crippen LogP contribution is 2.06. The summed E-state index contributed by atoms with van der Waals surface area (Å²) in [5.74, 6) is -0.269. The van der Waals surface area contributed by atoms with Crippen molar-refractivity contribution in [3.8, 4) is 5.75 Å². The Balaban J connectivity index is 2.19. The van der Waals surface area contributed by atoms with Gasteiger partial charge in [0.05, 0.1) is 11.9 Å². The molecule has 2 aromatic rings. The number of H-pyrrole nitrogens is 1. The van der Waals surface area contributed by atoms with Gasteiger partial charge in [0, 0.05) is 18.3 Å². The predicted molar refractivity (Wildman–Crippen MR) is 64.0 cm³/mol. The molecule has 0 saturated heterocycles. The van der Waals surface area contributed by atoms with E-state index in [0.29, 0.717) is 6.54 Å². The zero-order chi connectivity index (χ0) is 12.3. The normalized spacial score (nSPS) is 10.4. The van der Waals surface area contributed by atoms with E-state index in [4.69, 9.17) is 5.11 Å². The molecule has 0 aliphatic rings. The van der Waals surface area contributed by atoms with Crippen molar-refractivity contribution in [2.45, 2.75) is 11.6 Å². The molecule has 2 N–H and O–H groups in total. The van der Waals surface area contributed by atoms with Crippen molar-refractivity contribution < 1.29 is 9.67 Å². The maximum absolute atomic E-state index is 11.2. The molecular formula is C11H12N3O2S+. The maximum atomic E-state index is 11.2. The molecule has 0 aliphatic carbocycles. The second-order valence-corrected chi connectivity index (χ2v) is 4.31. The van der Waals surface area contributed by atoms with E-state index in [-0.39, 0.29) is 11.2 Å². The summed E-state index contributed by atoms with van der Waals surface area (Å²) in [4.78, 5) is 18.3. The number of hydrogen-bond donors (Lipinski definition) is 2. The quantitative estimate of drug-likeness (QED) is 0.474. The Morgan fingerprint density at radius 2 is 2.41 bits per heavy atom. The molecule has 17 heavy (non-hydrogen) atoms. The Hall–Kier alpha value is -1.82. The largest absolute Gasteiger partial charge is 0.503 e. The predicted octanol–water partition coefficient (Wildman–Crippen LogP) is 0.533. The van der Waals surface area contributed by atoms with Gasteiger partial charge in [-0.25, -0.2) is 4.57 Å². The van der Waals surface area contributed by atoms with Crippen molar-refractivity contribution in [3.05, 3.63) is 46.8 Å². The lowest BCUT2D eigenvalue weighted by Gasteiger charge is -2.00. The van der Waals surface area contributed by atoms with Crippen LogP contribution in [0.1, 0.15) is 5.69 Å². The lowest BCUT2D eigenvalue weighted by Crippen LogP contribution is -2.34. The van der Waals surface area contributed by atoms with Crippen LogP contribution in [0.2, 0.25) is 0 Å². The number of aromatic nitrogens is 3. The first-order valence-corrected chi connectivity index (χ1v) is 6.21. The molecule has 0 spiro atoms. The maximum Gasteiger partial charge on any atom is 0.287 e. The van der Waals surface area contributed by atoms with Gasteiger partial charge >= 0.3 is 0 Å². The van der Waals surface area contributed by atoms with Gasteiger partial charge in [-0.15, -0.1) is 0 Å². The fourth-order valence-corrected chi connectivity index (χ4v) is 1.73. The first-order valence-electron chi connectivity index (χ1n) is 4.98. The van der Waals surface area contributed by atoms with E-state index in [9.17, 15) is 4.79 Å². The van der Waals surface area contributed by atoms with Crippen LogP contribution >= 0.6 is 11.8 Å². The molecular weight excluding hydrogens is 238 g/mol. The minimum absolute atomic E-state index is 0.269. The summed E-state index contributed by atoms with van der Waals surface area (Å²) in [6.45, 7) is 0.511. The summed E-state index contributed by atoms with van der Waals surface area (Å²) in [5, 5.41) is 10.1. The van der Waals surface area contributed by atoms with E-state index in [1.54, 1.807) is 18.1 Å². The topological polar surface area (TPSA) is 69.9 Å². The molecule has 88 valence electrons. The highest BCUT2D eigenvalue weighted by atomic mass is 32.2. The molecule has 0 bridgehead atoms. The van der Waals surface area contributed by atoms with Crippen LogP contribution in [0.15, 0.2) is 40.7 Å². The summed E-state index contributed by atoms with van der Waals surface area (Å²) in [6, 6.07) is 3.29. The summed E-state index contributed by atoms with van der Waals surface area (Å²) in [6.07, 6.45) is 6.85. The molecule has 2 aromatic heterocycles. The van der Waals surface area contributed by atoms with Gasteiger partial charge in [0.15, 0.2) is 5.75 Å². The van der Waals surface area contributed by atoms with Crippen molar-refractivity contribution in [2.24, 2.45) is 0 Å². The smallest absolute Gasteiger partial charge is 0.287 e. The summed E-state index contributed by atoms with van der Waals surface area (Å²) in [5.41, 5.74) is 0.338. The van der Waals surface area contributed by atoms with E-state index < -0.39 is 0 Å². The van der Waals surface area contributed by atoms with E-state index in [2.05, 4.69) is 9.97 Å². The molecule has 6 heteroatoms. The van der Waals surface area contributed by atoms with Gasteiger partial charge in [0.1, 0.15) is 6.54 Å². The van der Waals surface area contributed by atoms with E-state index >= 15 is 0 Å². The first-order chi connectivity index (χ1) is 8.19. The van der Waals surface area contributed by atoms with Crippen LogP contribution in [0.4, 0.5) is 0 Å². The fourth-order valence-electron chi connectivity index (χ4n) is 1.38. The Labute approximate surface area is 102 Å². The van der Waals surface area contributed by atoms with Crippen LogP contribution in [0.5, 0.6) is 5.75 Å². The number of nitrogens with one attached hydrogen (secondary N) is 1. The highest BCUT2D eigenvalue weighted by molar-refractivity contribution is 7.98. The van der Waals surface area contributed by atoms with Gasteiger partial charge in [-0.05, 0) is 11.2 Å². The molecule has 0 aromatic carbocycles. The minimum Gasteiger partial charge on any atom is -0.503 e. The van der Waals surface area contributed by atoms with Crippen LogP contribution in [0.3, 0.4) is 0 Å². The van der Waals surface area contributed by atoms with Gasteiger partial charge in [0.25, 0.3) is 6.33 Å². The monoisotopic (exact) mass is 250 g/mol. The van der Waals surface area contributed by atoms with Crippen molar-refractivity contribution in [2.75, 3.05) is 6.26 Å². The minimum atomic E-state index is -0.381. The summed E-state index contributed by atoms with van der Waals surface area (Å²) >= 11 is 1.57. The number of hydrogen-bond acceptors (Lipinski definition) is 4. The molecule has 0 amide bonds. The molecule has 0 unspecified atom stereocenters. The molecule has 0 atom stereocenters. The number of thioether (sulfide) groups is 1. The molecule has 0 saturated carbocycles. The molecule has 0 fully saturated rings. The standard InChI is InChI=1S/C11H11N3O2S/c1-17-11-2-3-14(7-13-11)6-8-4-9(15)10(16)5-12-8/h2-5,7H,6H2,1H3,(H-,12,15,16)/p+1. The average Bonchev–Trinajstić information content (AvgIpc) is 2.35. The lowest BCUT2D eigenvalue weighted by atomic mass is 10.3. The zero-order valence-corrected chi connectivity index (χ0v) is 10.1. The first kappa shape index (κ1) is 11.7. The number of aromatic hydroxyl groups is 1. The average molecular weight is 250 g/mol. The zero-order valence-electron chi connectivity index (χ0n) is 9.25. The van der Waals surface area contributed by atoms with Crippen LogP contribution in [-0.4, -0.2) is 21.3 Å². The van der Waals surface area contributed by atoms with Crippen LogP contribution in [0, 0.1) is 0 Å². The number of nitrogens with zero attached hydrogens (tertiary/aromatic N) is 2. The van der Waals surface area contributed by atoms with E-state index in [0.717, 1.165) is 10.7 Å².